The molecule has 1 fully saturated rings. The number of rotatable bonds is 4. The number of likely N-dealkylation sites (N-methyl/N-ethyl adjacent to an activating group) is 1. The Hall–Kier alpha value is -0.920. The molecule has 0 aromatic carbocycles. The van der Waals surface area contributed by atoms with E-state index in [1.165, 1.54) is 6.20 Å². The SMILES string of the molecule is CCN1C[C@H](C)N(S(=O)(=O)c2cnn(CC)c2)[C@@H](C)C1. The van der Waals surface area contributed by atoms with E-state index in [4.69, 9.17) is 0 Å². The van der Waals surface area contributed by atoms with Gasteiger partial charge in [0.25, 0.3) is 0 Å². The van der Waals surface area contributed by atoms with Gasteiger partial charge in [-0.3, -0.25) is 4.68 Å². The van der Waals surface area contributed by atoms with Gasteiger partial charge in [-0.1, -0.05) is 6.92 Å². The summed E-state index contributed by atoms with van der Waals surface area (Å²) in [5.41, 5.74) is 0. The van der Waals surface area contributed by atoms with Crippen molar-refractivity contribution < 1.29 is 8.42 Å². The normalized spacial score (nSPS) is 26.0. The summed E-state index contributed by atoms with van der Waals surface area (Å²) >= 11 is 0. The maximum atomic E-state index is 12.8. The van der Waals surface area contributed by atoms with Crippen LogP contribution in [0.15, 0.2) is 17.3 Å². The molecule has 2 rings (SSSR count). The minimum Gasteiger partial charge on any atom is -0.300 e. The van der Waals surface area contributed by atoms with Gasteiger partial charge >= 0.3 is 0 Å². The lowest BCUT2D eigenvalue weighted by atomic mass is 10.1. The summed E-state index contributed by atoms with van der Waals surface area (Å²) in [7, 11) is -3.46. The lowest BCUT2D eigenvalue weighted by Gasteiger charge is -2.42. The van der Waals surface area contributed by atoms with E-state index >= 15 is 0 Å². The number of hydrogen-bond donors (Lipinski definition) is 0. The molecule has 6 nitrogen and oxygen atoms in total. The predicted octanol–water partition coefficient (Wildman–Crippen LogP) is 1.01. The third-order valence-corrected chi connectivity index (χ3v) is 5.95. The van der Waals surface area contributed by atoms with E-state index in [0.717, 1.165) is 19.6 Å². The number of nitrogens with zero attached hydrogens (tertiary/aromatic N) is 4. The van der Waals surface area contributed by atoms with Crippen LogP contribution >= 0.6 is 0 Å². The van der Waals surface area contributed by atoms with Crippen LogP contribution in [-0.4, -0.2) is 59.1 Å². The molecule has 0 N–H and O–H groups in total. The Morgan fingerprint density at radius 1 is 1.20 bits per heavy atom. The van der Waals surface area contributed by atoms with Gasteiger partial charge in [0.15, 0.2) is 0 Å². The first-order chi connectivity index (χ1) is 9.40. The number of sulfonamides is 1. The molecule has 114 valence electrons. The van der Waals surface area contributed by atoms with Gasteiger partial charge in [-0.15, -0.1) is 0 Å². The van der Waals surface area contributed by atoms with Gasteiger partial charge in [-0.25, -0.2) is 8.42 Å². The summed E-state index contributed by atoms with van der Waals surface area (Å²) in [4.78, 5) is 2.58. The van der Waals surface area contributed by atoms with Crippen LogP contribution in [0.3, 0.4) is 0 Å². The van der Waals surface area contributed by atoms with Crippen molar-refractivity contribution >= 4 is 10.0 Å². The van der Waals surface area contributed by atoms with Gasteiger partial charge in [0, 0.05) is 37.9 Å². The maximum absolute atomic E-state index is 12.8. The van der Waals surface area contributed by atoms with E-state index in [9.17, 15) is 8.42 Å². The van der Waals surface area contributed by atoms with E-state index in [-0.39, 0.29) is 12.1 Å². The van der Waals surface area contributed by atoms with Crippen LogP contribution < -0.4 is 0 Å². The van der Waals surface area contributed by atoms with Crippen molar-refractivity contribution in [3.05, 3.63) is 12.4 Å². The van der Waals surface area contributed by atoms with Gasteiger partial charge in [0.05, 0.1) is 6.20 Å². The topological polar surface area (TPSA) is 58.4 Å². The minimum atomic E-state index is -3.46. The monoisotopic (exact) mass is 300 g/mol. The second kappa shape index (κ2) is 5.83. The standard InChI is InChI=1S/C13H24N4O2S/c1-5-15-8-11(3)17(12(4)9-15)20(18,19)13-7-14-16(6-2)10-13/h7,10-12H,5-6,8-9H2,1-4H3/t11-,12-/m0/s1. The minimum absolute atomic E-state index is 0.0197. The average molecular weight is 300 g/mol. The van der Waals surface area contributed by atoms with Crippen LogP contribution in [-0.2, 0) is 16.6 Å². The first-order valence-electron chi connectivity index (χ1n) is 7.18. The Balaban J connectivity index is 2.29. The summed E-state index contributed by atoms with van der Waals surface area (Å²) in [6.07, 6.45) is 3.06. The summed E-state index contributed by atoms with van der Waals surface area (Å²) in [5.74, 6) is 0. The van der Waals surface area contributed by atoms with E-state index in [1.54, 1.807) is 15.2 Å². The van der Waals surface area contributed by atoms with Crippen LogP contribution in [0.5, 0.6) is 0 Å². The van der Waals surface area contributed by atoms with Crippen molar-refractivity contribution in [1.29, 1.82) is 0 Å². The molecule has 0 radical (unpaired) electrons. The molecule has 2 heterocycles. The zero-order valence-electron chi connectivity index (χ0n) is 12.7. The highest BCUT2D eigenvalue weighted by molar-refractivity contribution is 7.89. The van der Waals surface area contributed by atoms with E-state index < -0.39 is 10.0 Å². The van der Waals surface area contributed by atoms with Crippen molar-refractivity contribution in [2.24, 2.45) is 0 Å². The third kappa shape index (κ3) is 2.75. The summed E-state index contributed by atoms with van der Waals surface area (Å²) in [6.45, 7) is 11.2. The van der Waals surface area contributed by atoms with Crippen molar-refractivity contribution in [2.45, 2.75) is 51.2 Å². The van der Waals surface area contributed by atoms with Crippen molar-refractivity contribution in [1.82, 2.24) is 19.0 Å². The first-order valence-corrected chi connectivity index (χ1v) is 8.62. The molecule has 7 heteroatoms. The lowest BCUT2D eigenvalue weighted by Crippen LogP contribution is -2.58. The Morgan fingerprint density at radius 3 is 2.25 bits per heavy atom. The van der Waals surface area contributed by atoms with Crippen LogP contribution in [0.1, 0.15) is 27.7 Å². The molecule has 1 aliphatic heterocycles. The highest BCUT2D eigenvalue weighted by atomic mass is 32.2. The van der Waals surface area contributed by atoms with Crippen molar-refractivity contribution in [3.8, 4) is 0 Å². The van der Waals surface area contributed by atoms with Crippen molar-refractivity contribution in [2.75, 3.05) is 19.6 Å². The van der Waals surface area contributed by atoms with Gasteiger partial charge in [-0.05, 0) is 27.3 Å². The Morgan fingerprint density at radius 2 is 1.80 bits per heavy atom. The van der Waals surface area contributed by atoms with Gasteiger partial charge in [0.2, 0.25) is 10.0 Å². The average Bonchev–Trinajstić information content (AvgIpc) is 2.86. The summed E-state index contributed by atoms with van der Waals surface area (Å²) in [6, 6.07) is -0.0395. The molecule has 0 spiro atoms. The van der Waals surface area contributed by atoms with Crippen LogP contribution in [0, 0.1) is 0 Å². The smallest absolute Gasteiger partial charge is 0.246 e. The Bertz CT molecular complexity index is 542. The summed E-state index contributed by atoms with van der Waals surface area (Å²) in [5, 5.41) is 4.08. The second-order valence-electron chi connectivity index (χ2n) is 5.42. The molecule has 0 unspecified atom stereocenters. The molecule has 0 bridgehead atoms. The number of piperazine rings is 1. The number of aromatic nitrogens is 2. The van der Waals surface area contributed by atoms with Crippen LogP contribution in [0.4, 0.5) is 0 Å². The van der Waals surface area contributed by atoms with Crippen LogP contribution in [0.2, 0.25) is 0 Å². The van der Waals surface area contributed by atoms with Gasteiger partial charge < -0.3 is 4.90 Å². The number of aryl methyl sites for hydroxylation is 1. The lowest BCUT2D eigenvalue weighted by molar-refractivity contribution is 0.106. The molecule has 1 aliphatic rings. The van der Waals surface area contributed by atoms with E-state index in [0.29, 0.717) is 11.4 Å². The molecule has 1 aromatic heterocycles. The van der Waals surface area contributed by atoms with Crippen LogP contribution in [0.25, 0.3) is 0 Å². The highest BCUT2D eigenvalue weighted by Gasteiger charge is 2.38. The largest absolute Gasteiger partial charge is 0.300 e. The molecular formula is C13H24N4O2S. The fourth-order valence-corrected chi connectivity index (χ4v) is 4.68. The number of hydrogen-bond acceptors (Lipinski definition) is 4. The zero-order chi connectivity index (χ0) is 14.9. The Labute approximate surface area is 121 Å². The molecular weight excluding hydrogens is 276 g/mol. The second-order valence-corrected chi connectivity index (χ2v) is 7.26. The molecule has 1 aromatic rings. The molecule has 0 aliphatic carbocycles. The maximum Gasteiger partial charge on any atom is 0.246 e. The highest BCUT2D eigenvalue weighted by Crippen LogP contribution is 2.24. The van der Waals surface area contributed by atoms with E-state index in [1.807, 2.05) is 20.8 Å². The fourth-order valence-electron chi connectivity index (χ4n) is 2.92. The molecule has 0 saturated carbocycles. The molecule has 20 heavy (non-hydrogen) atoms. The predicted molar refractivity (Wildman–Crippen MR) is 78.0 cm³/mol. The first kappa shape index (κ1) is 15.5. The summed E-state index contributed by atoms with van der Waals surface area (Å²) < 4.78 is 28.9. The van der Waals surface area contributed by atoms with E-state index in [2.05, 4.69) is 16.9 Å². The molecule has 2 atom stereocenters. The third-order valence-electron chi connectivity index (χ3n) is 3.87. The van der Waals surface area contributed by atoms with Crippen molar-refractivity contribution in [3.63, 3.8) is 0 Å². The molecule has 0 amide bonds. The zero-order valence-corrected chi connectivity index (χ0v) is 13.5. The fraction of sp³-hybridized carbons (Fsp3) is 0.769. The Kier molecular flexibility index (Phi) is 4.51. The van der Waals surface area contributed by atoms with Gasteiger partial charge in [0.1, 0.15) is 4.90 Å². The molecule has 1 saturated heterocycles. The van der Waals surface area contributed by atoms with Gasteiger partial charge in [-0.2, -0.15) is 9.40 Å². The quantitative estimate of drug-likeness (QED) is 0.832.